The molecule has 0 radical (unpaired) electrons. The van der Waals surface area contributed by atoms with Crippen LogP contribution in [0.25, 0.3) is 21.1 Å². The highest BCUT2D eigenvalue weighted by Crippen LogP contribution is 2.12. The molecule has 150 valence electrons. The van der Waals surface area contributed by atoms with Gasteiger partial charge in [0.25, 0.3) is 11.4 Å². The van der Waals surface area contributed by atoms with Crippen LogP contribution >= 0.6 is 0 Å². The van der Waals surface area contributed by atoms with Gasteiger partial charge in [-0.2, -0.15) is 8.42 Å². The highest BCUT2D eigenvalue weighted by Gasteiger charge is 2.12. The molecule has 0 heterocycles. The quantitative estimate of drug-likeness (QED) is 0.313. The van der Waals surface area contributed by atoms with Crippen molar-refractivity contribution in [3.05, 3.63) is 45.4 Å². The van der Waals surface area contributed by atoms with Crippen LogP contribution in [0.4, 0.5) is 0 Å². The van der Waals surface area contributed by atoms with Crippen LogP contribution in [0.1, 0.15) is 6.42 Å². The van der Waals surface area contributed by atoms with E-state index in [1.54, 1.807) is 12.1 Å². The molecule has 0 aliphatic heterocycles. The molecule has 0 saturated heterocycles. The Morgan fingerprint density at radius 1 is 1.00 bits per heavy atom. The number of ether oxygens (including phenoxy) is 2. The van der Waals surface area contributed by atoms with Crippen LogP contribution in [0.15, 0.2) is 12.1 Å². The summed E-state index contributed by atoms with van der Waals surface area (Å²) in [7, 11) is -4.68. The molecule has 0 atom stereocenters. The first-order valence-corrected chi connectivity index (χ1v) is 9.13. The van der Waals surface area contributed by atoms with E-state index < -0.39 is 23.6 Å². The van der Waals surface area contributed by atoms with Gasteiger partial charge in [0.15, 0.2) is 0 Å². The third-order valence-electron chi connectivity index (χ3n) is 3.16. The van der Waals surface area contributed by atoms with E-state index in [1.165, 1.54) is 12.1 Å². The molecular formula is C17H14N4O7S. The second-order valence-electron chi connectivity index (χ2n) is 5.01. The minimum atomic E-state index is -4.68. The molecule has 0 saturated carbocycles. The van der Waals surface area contributed by atoms with E-state index >= 15 is 0 Å². The molecule has 0 spiro atoms. The molecule has 0 aliphatic rings. The minimum absolute atomic E-state index is 0.0145. The SMILES string of the molecule is [C-]#[N+]/C(C#N)=c1/cc(OCCOS(=O)(=O)O)/c(=C(\C#N)[N+]#[C-])cc1OCCCO. The number of rotatable bonds is 9. The first kappa shape index (κ1) is 23.4. The monoisotopic (exact) mass is 418 g/mol. The fourth-order valence-electron chi connectivity index (χ4n) is 2.00. The smallest absolute Gasteiger partial charge is 0.397 e. The number of hydrogen-bond donors (Lipinski definition) is 2. The lowest BCUT2D eigenvalue weighted by molar-refractivity contribution is 0.200. The number of aliphatic hydroxyl groups is 1. The number of nitrogens with zero attached hydrogens (tertiary/aromatic N) is 4. The van der Waals surface area contributed by atoms with E-state index in [4.69, 9.17) is 32.3 Å². The van der Waals surface area contributed by atoms with Gasteiger partial charge in [0, 0.05) is 23.5 Å². The van der Waals surface area contributed by atoms with Crippen LogP contribution in [-0.4, -0.2) is 44.5 Å². The molecular weight excluding hydrogens is 404 g/mol. The second kappa shape index (κ2) is 11.3. The van der Waals surface area contributed by atoms with Crippen molar-refractivity contribution in [2.75, 3.05) is 26.4 Å². The summed E-state index contributed by atoms with van der Waals surface area (Å²) < 4.78 is 44.7. The minimum Gasteiger partial charge on any atom is -0.494 e. The van der Waals surface area contributed by atoms with Crippen molar-refractivity contribution in [3.63, 3.8) is 0 Å². The number of benzene rings is 1. The molecule has 1 aromatic carbocycles. The molecule has 0 aliphatic carbocycles. The normalized spacial score (nSPS) is 12.5. The predicted molar refractivity (Wildman–Crippen MR) is 97.1 cm³/mol. The van der Waals surface area contributed by atoms with Gasteiger partial charge in [0.05, 0.1) is 31.9 Å². The number of nitriles is 2. The molecule has 1 rings (SSSR count). The van der Waals surface area contributed by atoms with Crippen molar-refractivity contribution in [3.8, 4) is 23.6 Å². The highest BCUT2D eigenvalue weighted by molar-refractivity contribution is 7.80. The largest absolute Gasteiger partial charge is 0.494 e. The fraction of sp³-hybridized carbons (Fsp3) is 0.294. The molecule has 0 bridgehead atoms. The summed E-state index contributed by atoms with van der Waals surface area (Å²) in [5.74, 6) is -0.0728. The standard InChI is InChI=1S/C17H14N4O7S/c1-20-14(10-18)12-9-17(27-6-7-28-29(23,24)25)13(15(11-19)21-2)8-16(12)26-5-3-4-22/h8-9,22H,3-7H2,(H,23,24,25)/b14-12-,15-13+. The average Bonchev–Trinajstić information content (AvgIpc) is 2.68. The van der Waals surface area contributed by atoms with E-state index in [-0.39, 0.29) is 53.0 Å². The Morgan fingerprint density at radius 2 is 1.48 bits per heavy atom. The maximum absolute atomic E-state index is 10.6. The molecule has 0 aromatic heterocycles. The summed E-state index contributed by atoms with van der Waals surface area (Å²) in [5.41, 5.74) is -0.730. The third kappa shape index (κ3) is 7.11. The van der Waals surface area contributed by atoms with Crippen LogP contribution in [0, 0.1) is 35.8 Å². The van der Waals surface area contributed by atoms with E-state index in [2.05, 4.69) is 13.9 Å². The average molecular weight is 418 g/mol. The zero-order chi connectivity index (χ0) is 21.9. The Hall–Kier alpha value is -3.65. The van der Waals surface area contributed by atoms with Gasteiger partial charge in [0.1, 0.15) is 24.7 Å². The summed E-state index contributed by atoms with van der Waals surface area (Å²) >= 11 is 0. The van der Waals surface area contributed by atoms with Crippen molar-refractivity contribution in [2.45, 2.75) is 6.42 Å². The molecule has 1 aromatic rings. The van der Waals surface area contributed by atoms with E-state index in [0.29, 0.717) is 0 Å². The summed E-state index contributed by atoms with van der Waals surface area (Å²) in [5, 5.41) is 27.3. The van der Waals surface area contributed by atoms with Crippen LogP contribution in [0.5, 0.6) is 11.5 Å². The Kier molecular flexibility index (Phi) is 9.07. The first-order valence-electron chi connectivity index (χ1n) is 7.77. The van der Waals surface area contributed by atoms with Crippen LogP contribution in [-0.2, 0) is 14.6 Å². The van der Waals surface area contributed by atoms with Crippen LogP contribution < -0.4 is 19.9 Å². The Morgan fingerprint density at radius 3 is 1.86 bits per heavy atom. The lowest BCUT2D eigenvalue weighted by Crippen LogP contribution is -2.22. The predicted octanol–water partition coefficient (Wildman–Crippen LogP) is -0.252. The van der Waals surface area contributed by atoms with Gasteiger partial charge in [-0.15, -0.1) is 0 Å². The van der Waals surface area contributed by atoms with Gasteiger partial charge in [-0.25, -0.2) is 24.4 Å². The second-order valence-corrected chi connectivity index (χ2v) is 6.10. The topological polar surface area (TPSA) is 159 Å². The Bertz CT molecular complexity index is 1120. The molecule has 29 heavy (non-hydrogen) atoms. The van der Waals surface area contributed by atoms with Crippen molar-refractivity contribution >= 4 is 21.8 Å². The molecule has 11 nitrogen and oxygen atoms in total. The van der Waals surface area contributed by atoms with E-state index in [0.717, 1.165) is 0 Å². The number of hydrogen-bond acceptors (Lipinski definition) is 8. The van der Waals surface area contributed by atoms with Gasteiger partial charge in [-0.1, -0.05) is 0 Å². The first-order chi connectivity index (χ1) is 13.8. The Labute approximate surface area is 166 Å². The highest BCUT2D eigenvalue weighted by atomic mass is 32.3. The van der Waals surface area contributed by atoms with E-state index in [9.17, 15) is 18.9 Å². The summed E-state index contributed by atoms with van der Waals surface area (Å²) in [4.78, 5) is 6.19. The van der Waals surface area contributed by atoms with Crippen molar-refractivity contribution in [1.29, 1.82) is 10.5 Å². The molecule has 0 amide bonds. The van der Waals surface area contributed by atoms with Crippen molar-refractivity contribution < 1.29 is 31.7 Å². The summed E-state index contributed by atoms with van der Waals surface area (Å²) in [6, 6.07) is 5.83. The van der Waals surface area contributed by atoms with Gasteiger partial charge < -0.3 is 14.6 Å². The van der Waals surface area contributed by atoms with Gasteiger partial charge in [0.2, 0.25) is 0 Å². The third-order valence-corrected chi connectivity index (χ3v) is 3.63. The zero-order valence-corrected chi connectivity index (χ0v) is 15.6. The van der Waals surface area contributed by atoms with Crippen molar-refractivity contribution in [2.24, 2.45) is 0 Å². The molecule has 0 unspecified atom stereocenters. The lowest BCUT2D eigenvalue weighted by atomic mass is 10.1. The molecule has 2 N–H and O–H groups in total. The van der Waals surface area contributed by atoms with Crippen LogP contribution in [0.3, 0.4) is 0 Å². The molecule has 0 fully saturated rings. The number of aliphatic hydroxyl groups excluding tert-OH is 1. The maximum Gasteiger partial charge on any atom is 0.397 e. The zero-order valence-electron chi connectivity index (χ0n) is 14.8. The lowest BCUT2D eigenvalue weighted by Gasteiger charge is -2.12. The summed E-state index contributed by atoms with van der Waals surface area (Å²) in [6.07, 6.45) is 0.261. The fourth-order valence-corrected chi connectivity index (χ4v) is 2.28. The van der Waals surface area contributed by atoms with Gasteiger partial charge in [-0.05, 0) is 12.1 Å². The Balaban J connectivity index is 3.60. The molecule has 12 heteroatoms. The van der Waals surface area contributed by atoms with E-state index in [1.807, 2.05) is 0 Å². The van der Waals surface area contributed by atoms with Crippen LogP contribution in [0.2, 0.25) is 0 Å². The van der Waals surface area contributed by atoms with Gasteiger partial charge in [-0.3, -0.25) is 4.55 Å². The van der Waals surface area contributed by atoms with Gasteiger partial charge >= 0.3 is 10.4 Å². The summed E-state index contributed by atoms with van der Waals surface area (Å²) in [6.45, 7) is 13.2. The maximum atomic E-state index is 10.6. The van der Waals surface area contributed by atoms with Crippen molar-refractivity contribution in [1.82, 2.24) is 0 Å².